The molecule has 0 spiro atoms. The number of nitrogens with zero attached hydrogens (tertiary/aromatic N) is 3. The van der Waals surface area contributed by atoms with Crippen LogP contribution in [0.15, 0.2) is 34.5 Å². The Kier molecular flexibility index (Phi) is 7.05. The number of nitrogens with one attached hydrogen (secondary N) is 1. The lowest BCUT2D eigenvalue weighted by Gasteiger charge is -2.29. The molecule has 2 aromatic rings. The first-order valence-electron chi connectivity index (χ1n) is 11.0. The Hall–Kier alpha value is -1.81. The Morgan fingerprint density at radius 3 is 2.65 bits per heavy atom. The minimum absolute atomic E-state index is 0.168. The van der Waals surface area contributed by atoms with Crippen molar-refractivity contribution in [2.45, 2.75) is 50.5 Å². The molecule has 9 heteroatoms. The molecule has 1 aromatic carbocycles. The zero-order chi connectivity index (χ0) is 21.8. The number of piperidine rings is 2. The molecule has 7 nitrogen and oxygen atoms in total. The van der Waals surface area contributed by atoms with Gasteiger partial charge in [-0.15, -0.1) is 11.3 Å². The van der Waals surface area contributed by atoms with Gasteiger partial charge >= 0.3 is 0 Å². The molecule has 31 heavy (non-hydrogen) atoms. The Balaban J connectivity index is 1.40. The Morgan fingerprint density at radius 1 is 1.16 bits per heavy atom. The summed E-state index contributed by atoms with van der Waals surface area (Å²) in [7, 11) is -3.57. The van der Waals surface area contributed by atoms with E-state index in [9.17, 15) is 13.2 Å². The van der Waals surface area contributed by atoms with E-state index in [0.29, 0.717) is 23.8 Å². The number of carbonyl (C=O) groups is 1. The number of thiazole rings is 1. The third kappa shape index (κ3) is 5.52. The molecule has 0 unspecified atom stereocenters. The van der Waals surface area contributed by atoms with Gasteiger partial charge in [-0.05, 0) is 62.9 Å². The van der Waals surface area contributed by atoms with Crippen LogP contribution in [0.1, 0.15) is 55.1 Å². The smallest absolute Gasteiger partial charge is 0.257 e. The van der Waals surface area contributed by atoms with Gasteiger partial charge in [0.2, 0.25) is 10.0 Å². The fourth-order valence-corrected chi connectivity index (χ4v) is 6.37. The number of carbonyl (C=O) groups excluding carboxylic acids is 1. The van der Waals surface area contributed by atoms with Crippen LogP contribution < -0.4 is 5.32 Å². The van der Waals surface area contributed by atoms with Crippen molar-refractivity contribution in [1.82, 2.24) is 14.2 Å². The molecular weight excluding hydrogens is 432 g/mol. The Labute approximate surface area is 188 Å². The van der Waals surface area contributed by atoms with Crippen molar-refractivity contribution in [3.63, 3.8) is 0 Å². The average Bonchev–Trinajstić information content (AvgIpc) is 3.22. The molecule has 0 bridgehead atoms. The number of sulfonamides is 1. The second kappa shape index (κ2) is 9.77. The van der Waals surface area contributed by atoms with Crippen LogP contribution in [-0.4, -0.2) is 54.7 Å². The predicted octanol–water partition coefficient (Wildman–Crippen LogP) is 3.80. The second-order valence-electron chi connectivity index (χ2n) is 8.55. The number of aromatic nitrogens is 1. The van der Waals surface area contributed by atoms with E-state index in [-0.39, 0.29) is 10.8 Å². The number of hydrogen-bond donors (Lipinski definition) is 1. The summed E-state index contributed by atoms with van der Waals surface area (Å²) in [6.07, 6.45) is 5.24. The number of likely N-dealkylation sites (tertiary alicyclic amines) is 1. The van der Waals surface area contributed by atoms with Gasteiger partial charge in [-0.1, -0.05) is 19.4 Å². The van der Waals surface area contributed by atoms with Gasteiger partial charge in [0.1, 0.15) is 0 Å². The molecule has 0 atom stereocenters. The first-order chi connectivity index (χ1) is 14.9. The van der Waals surface area contributed by atoms with E-state index in [1.165, 1.54) is 34.6 Å². The van der Waals surface area contributed by atoms with Crippen molar-refractivity contribution in [2.24, 2.45) is 5.92 Å². The normalized spacial score (nSPS) is 19.4. The molecule has 0 saturated carbocycles. The van der Waals surface area contributed by atoms with E-state index < -0.39 is 10.0 Å². The number of anilines is 1. The topological polar surface area (TPSA) is 82.6 Å². The summed E-state index contributed by atoms with van der Waals surface area (Å²) < 4.78 is 27.3. The molecule has 0 radical (unpaired) electrons. The SMILES string of the molecule is CC1CCN(Cc2csc(NC(=O)c3cccc(S(=O)(=O)N4CCCCC4)c3)n2)CC1. The van der Waals surface area contributed by atoms with Crippen molar-refractivity contribution in [3.8, 4) is 0 Å². The monoisotopic (exact) mass is 462 g/mol. The molecule has 4 rings (SSSR count). The van der Waals surface area contributed by atoms with Gasteiger partial charge in [-0.3, -0.25) is 15.0 Å². The summed E-state index contributed by atoms with van der Waals surface area (Å²) in [5.41, 5.74) is 1.27. The summed E-state index contributed by atoms with van der Waals surface area (Å²) >= 11 is 1.40. The van der Waals surface area contributed by atoms with Crippen LogP contribution in [0.5, 0.6) is 0 Å². The van der Waals surface area contributed by atoms with Crippen molar-refractivity contribution >= 4 is 32.4 Å². The zero-order valence-electron chi connectivity index (χ0n) is 17.9. The summed E-state index contributed by atoms with van der Waals surface area (Å²) in [6, 6.07) is 6.27. The molecule has 1 N–H and O–H groups in total. The summed E-state index contributed by atoms with van der Waals surface area (Å²) in [6.45, 7) is 6.33. The lowest BCUT2D eigenvalue weighted by Crippen LogP contribution is -2.35. The second-order valence-corrected chi connectivity index (χ2v) is 11.3. The van der Waals surface area contributed by atoms with E-state index in [1.807, 2.05) is 5.38 Å². The first kappa shape index (κ1) is 22.4. The molecule has 0 aliphatic carbocycles. The summed E-state index contributed by atoms with van der Waals surface area (Å²) in [4.78, 5) is 19.9. The molecule has 2 saturated heterocycles. The van der Waals surface area contributed by atoms with Crippen molar-refractivity contribution in [1.29, 1.82) is 0 Å². The van der Waals surface area contributed by atoms with Gasteiger partial charge in [-0.2, -0.15) is 4.31 Å². The highest BCUT2D eigenvalue weighted by molar-refractivity contribution is 7.89. The van der Waals surface area contributed by atoms with E-state index in [2.05, 4.69) is 22.1 Å². The van der Waals surface area contributed by atoms with E-state index in [4.69, 9.17) is 0 Å². The lowest BCUT2D eigenvalue weighted by atomic mass is 9.99. The maximum Gasteiger partial charge on any atom is 0.257 e. The fourth-order valence-electron chi connectivity index (χ4n) is 4.11. The van der Waals surface area contributed by atoms with E-state index in [0.717, 1.165) is 50.5 Å². The van der Waals surface area contributed by atoms with Crippen LogP contribution in [0.2, 0.25) is 0 Å². The van der Waals surface area contributed by atoms with Gasteiger partial charge in [0.25, 0.3) is 5.91 Å². The third-order valence-electron chi connectivity index (χ3n) is 6.08. The molecule has 2 aliphatic heterocycles. The van der Waals surface area contributed by atoms with Crippen molar-refractivity contribution in [2.75, 3.05) is 31.5 Å². The van der Waals surface area contributed by atoms with Crippen LogP contribution >= 0.6 is 11.3 Å². The highest BCUT2D eigenvalue weighted by Crippen LogP contribution is 2.23. The summed E-state index contributed by atoms with van der Waals surface area (Å²) in [5, 5.41) is 5.34. The maximum absolute atomic E-state index is 12.9. The van der Waals surface area contributed by atoms with Crippen LogP contribution in [0.25, 0.3) is 0 Å². The van der Waals surface area contributed by atoms with Crippen molar-refractivity contribution in [3.05, 3.63) is 40.9 Å². The summed E-state index contributed by atoms with van der Waals surface area (Å²) in [5.74, 6) is 0.444. The van der Waals surface area contributed by atoms with E-state index in [1.54, 1.807) is 18.2 Å². The van der Waals surface area contributed by atoms with Crippen LogP contribution in [0.3, 0.4) is 0 Å². The molecule has 1 aromatic heterocycles. The molecule has 168 valence electrons. The quantitative estimate of drug-likeness (QED) is 0.706. The van der Waals surface area contributed by atoms with Crippen LogP contribution in [0, 0.1) is 5.92 Å². The standard InChI is InChI=1S/C22H30N4O3S2/c1-17-8-12-25(13-9-17)15-19-16-30-22(23-19)24-21(27)18-6-5-7-20(14-18)31(28,29)26-10-3-2-4-11-26/h5-7,14,16-17H,2-4,8-13,15H2,1H3,(H,23,24,27). The fraction of sp³-hybridized carbons (Fsp3) is 0.545. The predicted molar refractivity (Wildman–Crippen MR) is 123 cm³/mol. The van der Waals surface area contributed by atoms with Crippen LogP contribution in [0.4, 0.5) is 5.13 Å². The van der Waals surface area contributed by atoms with Gasteiger partial charge < -0.3 is 0 Å². The minimum atomic E-state index is -3.57. The van der Waals surface area contributed by atoms with Gasteiger partial charge in [-0.25, -0.2) is 13.4 Å². The van der Waals surface area contributed by atoms with Crippen molar-refractivity contribution < 1.29 is 13.2 Å². The van der Waals surface area contributed by atoms with Gasteiger partial charge in [0.15, 0.2) is 5.13 Å². The molecule has 3 heterocycles. The minimum Gasteiger partial charge on any atom is -0.298 e. The number of amides is 1. The number of benzene rings is 1. The molecule has 2 fully saturated rings. The largest absolute Gasteiger partial charge is 0.298 e. The average molecular weight is 463 g/mol. The first-order valence-corrected chi connectivity index (χ1v) is 13.3. The van der Waals surface area contributed by atoms with Gasteiger partial charge in [0.05, 0.1) is 10.6 Å². The zero-order valence-corrected chi connectivity index (χ0v) is 19.6. The number of hydrogen-bond acceptors (Lipinski definition) is 6. The Bertz CT molecular complexity index is 1010. The highest BCUT2D eigenvalue weighted by atomic mass is 32.2. The molecule has 2 aliphatic rings. The lowest BCUT2D eigenvalue weighted by molar-refractivity contribution is 0.102. The maximum atomic E-state index is 12.9. The highest BCUT2D eigenvalue weighted by Gasteiger charge is 2.26. The Morgan fingerprint density at radius 2 is 1.90 bits per heavy atom. The third-order valence-corrected chi connectivity index (χ3v) is 8.78. The number of rotatable bonds is 6. The molecular formula is C22H30N4O3S2. The van der Waals surface area contributed by atoms with Gasteiger partial charge in [0, 0.05) is 30.6 Å². The van der Waals surface area contributed by atoms with E-state index >= 15 is 0 Å². The molecule has 1 amide bonds. The van der Waals surface area contributed by atoms with Crippen LogP contribution in [-0.2, 0) is 16.6 Å².